The van der Waals surface area contributed by atoms with Crippen LogP contribution >= 0.6 is 0 Å². The molecule has 1 aromatic carbocycles. The summed E-state index contributed by atoms with van der Waals surface area (Å²) in [4.78, 5) is 14.7. The van der Waals surface area contributed by atoms with Crippen LogP contribution in [-0.2, 0) is 16.1 Å². The van der Waals surface area contributed by atoms with Crippen LogP contribution in [0.25, 0.3) is 0 Å². The van der Waals surface area contributed by atoms with Crippen molar-refractivity contribution in [1.82, 2.24) is 10.2 Å². The summed E-state index contributed by atoms with van der Waals surface area (Å²) in [6, 6.07) is 8.37. The zero-order valence-corrected chi connectivity index (χ0v) is 15.8. The number of carbonyl (C=O) groups excluding carboxylic acids is 1. The monoisotopic (exact) mass is 348 g/mol. The van der Waals surface area contributed by atoms with E-state index in [1.165, 1.54) is 25.8 Å². The Hall–Kier alpha value is -1.59. The molecular formula is C20H32N2O3. The molecule has 1 N–H and O–H groups in total. The van der Waals surface area contributed by atoms with Crippen molar-refractivity contribution < 1.29 is 14.3 Å². The number of nitrogens with zero attached hydrogens (tertiary/aromatic N) is 1. The zero-order chi connectivity index (χ0) is 18.1. The topological polar surface area (TPSA) is 50.8 Å². The molecule has 1 aliphatic heterocycles. The summed E-state index contributed by atoms with van der Waals surface area (Å²) in [5, 5.41) is 2.98. The second-order valence-electron chi connectivity index (χ2n) is 6.83. The van der Waals surface area contributed by atoms with Crippen molar-refractivity contribution in [2.45, 2.75) is 58.3 Å². The van der Waals surface area contributed by atoms with Crippen molar-refractivity contribution in [3.05, 3.63) is 29.8 Å². The molecule has 5 heteroatoms. The summed E-state index contributed by atoms with van der Waals surface area (Å²) in [5.41, 5.74) is 0.998. The molecule has 0 spiro atoms. The summed E-state index contributed by atoms with van der Waals surface area (Å²) < 4.78 is 10.9. The Morgan fingerprint density at radius 2 is 2.24 bits per heavy atom. The second kappa shape index (κ2) is 10.4. The highest BCUT2D eigenvalue weighted by Crippen LogP contribution is 2.16. The summed E-state index contributed by atoms with van der Waals surface area (Å²) in [6.07, 6.45) is 4.46. The molecule has 0 saturated carbocycles. The van der Waals surface area contributed by atoms with E-state index in [0.29, 0.717) is 19.2 Å². The number of hydrogen-bond donors (Lipinski definition) is 1. The molecule has 1 aliphatic rings. The van der Waals surface area contributed by atoms with E-state index in [4.69, 9.17) is 9.47 Å². The molecule has 0 radical (unpaired) electrons. The van der Waals surface area contributed by atoms with Gasteiger partial charge in [0.05, 0.1) is 13.7 Å². The van der Waals surface area contributed by atoms with Gasteiger partial charge in [-0.2, -0.15) is 0 Å². The lowest BCUT2D eigenvalue weighted by Crippen LogP contribution is -2.40. The fourth-order valence-corrected chi connectivity index (χ4v) is 3.19. The van der Waals surface area contributed by atoms with E-state index < -0.39 is 6.10 Å². The van der Waals surface area contributed by atoms with Crippen molar-refractivity contribution in [2.75, 3.05) is 26.7 Å². The molecule has 2 unspecified atom stereocenters. The maximum atomic E-state index is 12.1. The van der Waals surface area contributed by atoms with Crippen LogP contribution in [0.2, 0.25) is 0 Å². The number of piperidine rings is 1. The first-order valence-corrected chi connectivity index (χ1v) is 9.36. The lowest BCUT2D eigenvalue weighted by Gasteiger charge is -2.33. The van der Waals surface area contributed by atoms with Crippen molar-refractivity contribution >= 4 is 5.91 Å². The molecule has 0 aromatic heterocycles. The zero-order valence-electron chi connectivity index (χ0n) is 15.8. The minimum atomic E-state index is -0.458. The van der Waals surface area contributed by atoms with Crippen LogP contribution in [-0.4, -0.2) is 49.7 Å². The predicted molar refractivity (Wildman–Crippen MR) is 99.8 cm³/mol. The van der Waals surface area contributed by atoms with Crippen LogP contribution in [0.5, 0.6) is 5.75 Å². The lowest BCUT2D eigenvalue weighted by atomic mass is 10.0. The van der Waals surface area contributed by atoms with Gasteiger partial charge in [0.15, 0.2) is 0 Å². The number of benzene rings is 1. The Kier molecular flexibility index (Phi) is 8.22. The first kappa shape index (κ1) is 19.7. The Bertz CT molecular complexity index is 535. The van der Waals surface area contributed by atoms with Gasteiger partial charge in [-0.15, -0.1) is 0 Å². The highest BCUT2D eigenvalue weighted by atomic mass is 16.5. The Morgan fingerprint density at radius 1 is 1.40 bits per heavy atom. The summed E-state index contributed by atoms with van der Waals surface area (Å²) in [7, 11) is 1.64. The van der Waals surface area contributed by atoms with Crippen molar-refractivity contribution in [3.8, 4) is 5.75 Å². The molecule has 1 fully saturated rings. The molecule has 25 heavy (non-hydrogen) atoms. The third-order valence-electron chi connectivity index (χ3n) is 4.87. The number of methoxy groups -OCH3 is 1. The maximum Gasteiger partial charge on any atom is 0.248 e. The normalized spacial score (nSPS) is 19.4. The molecule has 1 saturated heterocycles. The molecule has 0 aliphatic carbocycles. The summed E-state index contributed by atoms with van der Waals surface area (Å²) >= 11 is 0. The fourth-order valence-electron chi connectivity index (χ4n) is 3.19. The van der Waals surface area contributed by atoms with Crippen LogP contribution in [0.15, 0.2) is 24.3 Å². The van der Waals surface area contributed by atoms with Gasteiger partial charge in [-0.3, -0.25) is 4.79 Å². The molecular weight excluding hydrogens is 316 g/mol. The predicted octanol–water partition coefficient (Wildman–Crippen LogP) is 2.98. The third-order valence-corrected chi connectivity index (χ3v) is 4.87. The number of carbonyl (C=O) groups is 1. The van der Waals surface area contributed by atoms with Gasteiger partial charge in [0, 0.05) is 19.1 Å². The molecule has 5 nitrogen and oxygen atoms in total. The van der Waals surface area contributed by atoms with Gasteiger partial charge in [-0.25, -0.2) is 0 Å². The van der Waals surface area contributed by atoms with Gasteiger partial charge in [-0.05, 0) is 57.4 Å². The Balaban J connectivity index is 1.62. The molecule has 1 amide bonds. The fraction of sp³-hybridized carbons (Fsp3) is 0.650. The third kappa shape index (κ3) is 6.67. The van der Waals surface area contributed by atoms with Crippen LogP contribution in [0, 0.1) is 0 Å². The first-order chi connectivity index (χ1) is 12.1. The van der Waals surface area contributed by atoms with Crippen LogP contribution in [0.3, 0.4) is 0 Å². The van der Waals surface area contributed by atoms with Crippen LogP contribution in [0.1, 0.15) is 45.1 Å². The van der Waals surface area contributed by atoms with E-state index in [1.54, 1.807) is 14.0 Å². The molecule has 0 bridgehead atoms. The smallest absolute Gasteiger partial charge is 0.248 e. The highest BCUT2D eigenvalue weighted by molar-refractivity contribution is 5.80. The lowest BCUT2D eigenvalue weighted by molar-refractivity contribution is -0.132. The average Bonchev–Trinajstić information content (AvgIpc) is 2.64. The molecule has 1 heterocycles. The maximum absolute atomic E-state index is 12.1. The SMILES string of the molecule is COc1cccc(COC(C)C(=O)NCCCN2CCCCC2C)c1. The number of amides is 1. The Morgan fingerprint density at radius 3 is 3.00 bits per heavy atom. The molecule has 2 atom stereocenters. The molecule has 140 valence electrons. The largest absolute Gasteiger partial charge is 0.497 e. The number of hydrogen-bond acceptors (Lipinski definition) is 4. The van der Waals surface area contributed by atoms with Crippen LogP contribution < -0.4 is 10.1 Å². The number of rotatable bonds is 9. The molecule has 1 aromatic rings. The minimum Gasteiger partial charge on any atom is -0.497 e. The van der Waals surface area contributed by atoms with Gasteiger partial charge in [0.2, 0.25) is 5.91 Å². The average molecular weight is 348 g/mol. The number of nitrogens with one attached hydrogen (secondary N) is 1. The Labute approximate surface area is 151 Å². The van der Waals surface area contributed by atoms with Crippen molar-refractivity contribution in [1.29, 1.82) is 0 Å². The van der Waals surface area contributed by atoms with E-state index in [0.717, 1.165) is 24.3 Å². The number of ether oxygens (including phenoxy) is 2. The van der Waals surface area contributed by atoms with E-state index in [-0.39, 0.29) is 5.91 Å². The quantitative estimate of drug-likeness (QED) is 0.697. The first-order valence-electron chi connectivity index (χ1n) is 9.36. The molecule has 2 rings (SSSR count). The second-order valence-corrected chi connectivity index (χ2v) is 6.83. The highest BCUT2D eigenvalue weighted by Gasteiger charge is 2.18. The summed E-state index contributed by atoms with van der Waals surface area (Å²) in [6.45, 7) is 7.44. The van der Waals surface area contributed by atoms with Gasteiger partial charge >= 0.3 is 0 Å². The van der Waals surface area contributed by atoms with E-state index in [2.05, 4.69) is 17.1 Å². The van der Waals surface area contributed by atoms with Gasteiger partial charge < -0.3 is 19.7 Å². The standard InChI is InChI=1S/C20H32N2O3/c1-16-8-4-5-12-22(16)13-7-11-21-20(23)17(2)25-15-18-9-6-10-19(14-18)24-3/h6,9-10,14,16-17H,4-5,7-8,11-13,15H2,1-3H3,(H,21,23). The van der Waals surface area contributed by atoms with Gasteiger partial charge in [0.1, 0.15) is 11.9 Å². The van der Waals surface area contributed by atoms with Crippen molar-refractivity contribution in [3.63, 3.8) is 0 Å². The van der Waals surface area contributed by atoms with E-state index in [1.807, 2.05) is 24.3 Å². The van der Waals surface area contributed by atoms with E-state index >= 15 is 0 Å². The van der Waals surface area contributed by atoms with Crippen molar-refractivity contribution in [2.24, 2.45) is 0 Å². The number of likely N-dealkylation sites (tertiary alicyclic amines) is 1. The summed E-state index contributed by atoms with van der Waals surface area (Å²) in [5.74, 6) is 0.750. The van der Waals surface area contributed by atoms with Crippen LogP contribution in [0.4, 0.5) is 0 Å². The van der Waals surface area contributed by atoms with E-state index in [9.17, 15) is 4.79 Å². The van der Waals surface area contributed by atoms with Gasteiger partial charge in [0.25, 0.3) is 0 Å². The minimum absolute atomic E-state index is 0.0467. The van der Waals surface area contributed by atoms with Gasteiger partial charge in [-0.1, -0.05) is 18.6 Å².